The summed E-state index contributed by atoms with van der Waals surface area (Å²) in [5, 5.41) is 9.42. The number of carboxylic acid groups (broad SMARTS) is 1. The van der Waals surface area contributed by atoms with Crippen molar-refractivity contribution < 1.29 is 14.6 Å². The standard InChI is InChI=1S/C23H23NO3/c1-4-17-14-20(22(27-3)21(5-2)24-17)16-12-10-15(11-13-16)18-8-6-7-9-19(18)23(25)26/h6-14H,4-5H2,1-3H3,(H,25,26). The van der Waals surface area contributed by atoms with Gasteiger partial charge in [-0.2, -0.15) is 0 Å². The van der Waals surface area contributed by atoms with Crippen LogP contribution >= 0.6 is 0 Å². The predicted octanol–water partition coefficient (Wildman–Crippen LogP) is 5.25. The van der Waals surface area contributed by atoms with Gasteiger partial charge in [0.15, 0.2) is 0 Å². The SMILES string of the molecule is CCc1cc(-c2ccc(-c3ccccc3C(=O)O)cc2)c(OC)c(CC)n1. The minimum absolute atomic E-state index is 0.299. The Balaban J connectivity index is 2.08. The van der Waals surface area contributed by atoms with E-state index in [1.807, 2.05) is 36.4 Å². The van der Waals surface area contributed by atoms with E-state index >= 15 is 0 Å². The number of nitrogens with zero attached hydrogens (tertiary/aromatic N) is 1. The maximum atomic E-state index is 11.5. The smallest absolute Gasteiger partial charge is 0.336 e. The van der Waals surface area contributed by atoms with Crippen LogP contribution in [0.3, 0.4) is 0 Å². The molecule has 1 heterocycles. The van der Waals surface area contributed by atoms with Gasteiger partial charge in [-0.1, -0.05) is 56.3 Å². The van der Waals surface area contributed by atoms with Crippen molar-refractivity contribution in [3.05, 3.63) is 71.5 Å². The molecular weight excluding hydrogens is 338 g/mol. The van der Waals surface area contributed by atoms with E-state index in [1.54, 1.807) is 19.2 Å². The van der Waals surface area contributed by atoms with Gasteiger partial charge in [-0.25, -0.2) is 4.79 Å². The lowest BCUT2D eigenvalue weighted by atomic mass is 9.96. The van der Waals surface area contributed by atoms with Gasteiger partial charge in [0.1, 0.15) is 5.75 Å². The molecule has 0 saturated carbocycles. The van der Waals surface area contributed by atoms with Crippen LogP contribution < -0.4 is 4.74 Å². The van der Waals surface area contributed by atoms with Gasteiger partial charge < -0.3 is 9.84 Å². The number of ether oxygens (including phenoxy) is 1. The maximum absolute atomic E-state index is 11.5. The van der Waals surface area contributed by atoms with Gasteiger partial charge in [-0.3, -0.25) is 4.98 Å². The zero-order valence-corrected chi connectivity index (χ0v) is 15.8. The lowest BCUT2D eigenvalue weighted by Gasteiger charge is -2.15. The van der Waals surface area contributed by atoms with Gasteiger partial charge in [0.05, 0.1) is 18.4 Å². The van der Waals surface area contributed by atoms with Crippen molar-refractivity contribution >= 4 is 5.97 Å². The molecule has 0 radical (unpaired) electrons. The second kappa shape index (κ2) is 8.04. The number of hydrogen-bond acceptors (Lipinski definition) is 3. The molecule has 1 aromatic heterocycles. The second-order valence-corrected chi connectivity index (χ2v) is 6.28. The molecule has 3 aromatic rings. The molecule has 0 fully saturated rings. The molecule has 138 valence electrons. The largest absolute Gasteiger partial charge is 0.494 e. The topological polar surface area (TPSA) is 59.4 Å². The van der Waals surface area contributed by atoms with E-state index in [-0.39, 0.29) is 0 Å². The molecule has 0 atom stereocenters. The number of aromatic carboxylic acids is 1. The summed E-state index contributed by atoms with van der Waals surface area (Å²) >= 11 is 0. The third-order valence-corrected chi connectivity index (χ3v) is 4.66. The minimum Gasteiger partial charge on any atom is -0.494 e. The molecule has 0 spiro atoms. The molecule has 3 rings (SSSR count). The van der Waals surface area contributed by atoms with Crippen molar-refractivity contribution in [1.82, 2.24) is 4.98 Å². The Labute approximate surface area is 159 Å². The number of carbonyl (C=O) groups is 1. The van der Waals surface area contributed by atoms with Crippen LogP contribution in [0.15, 0.2) is 54.6 Å². The second-order valence-electron chi connectivity index (χ2n) is 6.28. The lowest BCUT2D eigenvalue weighted by molar-refractivity contribution is 0.0697. The molecule has 27 heavy (non-hydrogen) atoms. The van der Waals surface area contributed by atoms with Crippen molar-refractivity contribution in [2.45, 2.75) is 26.7 Å². The number of aryl methyl sites for hydroxylation is 2. The Morgan fingerprint density at radius 2 is 1.59 bits per heavy atom. The van der Waals surface area contributed by atoms with Crippen molar-refractivity contribution in [2.24, 2.45) is 0 Å². The molecule has 1 N–H and O–H groups in total. The molecule has 0 saturated heterocycles. The lowest BCUT2D eigenvalue weighted by Crippen LogP contribution is -2.01. The van der Waals surface area contributed by atoms with Crippen LogP contribution in [0.2, 0.25) is 0 Å². The van der Waals surface area contributed by atoms with Crippen molar-refractivity contribution in [2.75, 3.05) is 7.11 Å². The summed E-state index contributed by atoms with van der Waals surface area (Å²) < 4.78 is 5.65. The molecule has 0 bridgehead atoms. The number of rotatable bonds is 6. The first-order valence-corrected chi connectivity index (χ1v) is 9.08. The van der Waals surface area contributed by atoms with Crippen LogP contribution in [0.4, 0.5) is 0 Å². The fourth-order valence-corrected chi connectivity index (χ4v) is 3.26. The molecule has 4 nitrogen and oxygen atoms in total. The highest BCUT2D eigenvalue weighted by Gasteiger charge is 2.15. The average molecular weight is 361 g/mol. The highest BCUT2D eigenvalue weighted by atomic mass is 16.5. The number of pyridine rings is 1. The summed E-state index contributed by atoms with van der Waals surface area (Å²) in [6.07, 6.45) is 1.65. The molecule has 0 aliphatic rings. The summed E-state index contributed by atoms with van der Waals surface area (Å²) in [4.78, 5) is 16.2. The van der Waals surface area contributed by atoms with Crippen LogP contribution in [-0.4, -0.2) is 23.2 Å². The van der Waals surface area contributed by atoms with Gasteiger partial charge >= 0.3 is 5.97 Å². The molecule has 0 aliphatic carbocycles. The monoisotopic (exact) mass is 361 g/mol. The Hall–Kier alpha value is -3.14. The van der Waals surface area contributed by atoms with E-state index in [4.69, 9.17) is 4.74 Å². The Morgan fingerprint density at radius 3 is 2.15 bits per heavy atom. The van der Waals surface area contributed by atoms with E-state index in [0.29, 0.717) is 11.1 Å². The highest BCUT2D eigenvalue weighted by molar-refractivity contribution is 5.96. The maximum Gasteiger partial charge on any atom is 0.336 e. The van der Waals surface area contributed by atoms with Gasteiger partial charge in [0, 0.05) is 11.3 Å². The zero-order chi connectivity index (χ0) is 19.4. The molecule has 4 heteroatoms. The van der Waals surface area contributed by atoms with Gasteiger partial charge in [0.25, 0.3) is 0 Å². The van der Waals surface area contributed by atoms with Crippen LogP contribution in [-0.2, 0) is 12.8 Å². The Bertz CT molecular complexity index is 962. The molecule has 0 aliphatic heterocycles. The van der Waals surface area contributed by atoms with E-state index in [9.17, 15) is 9.90 Å². The van der Waals surface area contributed by atoms with Crippen LogP contribution in [0.25, 0.3) is 22.3 Å². The van der Waals surface area contributed by atoms with Gasteiger partial charge in [-0.05, 0) is 41.7 Å². The molecule has 2 aromatic carbocycles. The minimum atomic E-state index is -0.925. The highest BCUT2D eigenvalue weighted by Crippen LogP contribution is 2.35. The summed E-state index contributed by atoms with van der Waals surface area (Å²) in [5.74, 6) is -0.126. The van der Waals surface area contributed by atoms with Crippen LogP contribution in [0.5, 0.6) is 5.75 Å². The van der Waals surface area contributed by atoms with E-state index in [2.05, 4.69) is 24.9 Å². The number of methoxy groups -OCH3 is 1. The van der Waals surface area contributed by atoms with Crippen molar-refractivity contribution in [1.29, 1.82) is 0 Å². The van der Waals surface area contributed by atoms with E-state index in [0.717, 1.165) is 46.7 Å². The number of benzene rings is 2. The van der Waals surface area contributed by atoms with Crippen LogP contribution in [0, 0.1) is 0 Å². The normalized spacial score (nSPS) is 10.6. The number of hydrogen-bond donors (Lipinski definition) is 1. The quantitative estimate of drug-likeness (QED) is 0.652. The molecule has 0 amide bonds. The fourth-order valence-electron chi connectivity index (χ4n) is 3.26. The summed E-state index contributed by atoms with van der Waals surface area (Å²) in [6, 6.07) is 17.0. The fraction of sp³-hybridized carbons (Fsp3) is 0.217. The molecule has 0 unspecified atom stereocenters. The predicted molar refractivity (Wildman–Crippen MR) is 107 cm³/mol. The van der Waals surface area contributed by atoms with E-state index < -0.39 is 5.97 Å². The zero-order valence-electron chi connectivity index (χ0n) is 15.8. The summed E-state index contributed by atoms with van der Waals surface area (Å²) in [5.41, 5.74) is 5.90. The number of carboxylic acids is 1. The van der Waals surface area contributed by atoms with Crippen molar-refractivity contribution in [3.63, 3.8) is 0 Å². The average Bonchev–Trinajstić information content (AvgIpc) is 2.72. The molecular formula is C23H23NO3. The van der Waals surface area contributed by atoms with Crippen LogP contribution in [0.1, 0.15) is 35.6 Å². The number of aromatic nitrogens is 1. The summed E-state index contributed by atoms with van der Waals surface area (Å²) in [6.45, 7) is 4.16. The van der Waals surface area contributed by atoms with Gasteiger partial charge in [0.2, 0.25) is 0 Å². The third-order valence-electron chi connectivity index (χ3n) is 4.66. The first-order valence-electron chi connectivity index (χ1n) is 9.08. The first-order chi connectivity index (χ1) is 13.1. The first kappa shape index (κ1) is 18.6. The van der Waals surface area contributed by atoms with Crippen molar-refractivity contribution in [3.8, 4) is 28.0 Å². The van der Waals surface area contributed by atoms with Gasteiger partial charge in [-0.15, -0.1) is 0 Å². The Kier molecular flexibility index (Phi) is 5.55. The summed E-state index contributed by atoms with van der Waals surface area (Å²) in [7, 11) is 1.67. The Morgan fingerprint density at radius 1 is 0.963 bits per heavy atom. The van der Waals surface area contributed by atoms with E-state index in [1.165, 1.54) is 0 Å². The third kappa shape index (κ3) is 3.70.